The highest BCUT2D eigenvalue weighted by molar-refractivity contribution is 5.93. The van der Waals surface area contributed by atoms with Crippen molar-refractivity contribution in [2.24, 2.45) is 4.99 Å². The van der Waals surface area contributed by atoms with Crippen molar-refractivity contribution in [3.05, 3.63) is 70.8 Å². The summed E-state index contributed by atoms with van der Waals surface area (Å²) in [6.07, 6.45) is 0. The summed E-state index contributed by atoms with van der Waals surface area (Å²) < 4.78 is 5.14. The molecule has 2 N–H and O–H groups in total. The van der Waals surface area contributed by atoms with Crippen molar-refractivity contribution in [2.45, 2.75) is 26.6 Å². The van der Waals surface area contributed by atoms with E-state index in [2.05, 4.69) is 39.9 Å². The molecular weight excluding hydrogens is 352 g/mol. The van der Waals surface area contributed by atoms with Gasteiger partial charge in [-0.05, 0) is 35.7 Å². The van der Waals surface area contributed by atoms with Crippen LogP contribution in [0.5, 0.6) is 0 Å². The Morgan fingerprint density at radius 1 is 0.964 bits per heavy atom. The zero-order chi connectivity index (χ0) is 20.4. The van der Waals surface area contributed by atoms with Crippen LogP contribution in [0.3, 0.4) is 0 Å². The number of methoxy groups -OCH3 is 1. The summed E-state index contributed by atoms with van der Waals surface area (Å²) in [6.45, 7) is 4.68. The standard InChI is InChI=1S/C22H30N4O2/c1-5-23-22(24-14-17-6-8-19(9-7-17)16-28-4)25-15-18-10-12-20(13-11-18)21(27)26(2)3/h6-13H,5,14-16H2,1-4H3,(H2,23,24,25). The highest BCUT2D eigenvalue weighted by atomic mass is 16.5. The molecule has 150 valence electrons. The van der Waals surface area contributed by atoms with Gasteiger partial charge < -0.3 is 20.3 Å². The average molecular weight is 383 g/mol. The van der Waals surface area contributed by atoms with Crippen LogP contribution in [0, 0.1) is 0 Å². The smallest absolute Gasteiger partial charge is 0.253 e. The number of guanidine groups is 1. The SMILES string of the molecule is CCNC(=NCc1ccc(C(=O)N(C)C)cc1)NCc1ccc(COC)cc1. The fourth-order valence-electron chi connectivity index (χ4n) is 2.63. The van der Waals surface area contributed by atoms with Crippen LogP contribution in [-0.4, -0.2) is 44.5 Å². The summed E-state index contributed by atoms with van der Waals surface area (Å²) in [7, 11) is 5.20. The number of rotatable bonds is 8. The highest BCUT2D eigenvalue weighted by Gasteiger charge is 2.07. The van der Waals surface area contributed by atoms with Crippen LogP contribution >= 0.6 is 0 Å². The minimum Gasteiger partial charge on any atom is -0.380 e. The first-order chi connectivity index (χ1) is 13.5. The number of carbonyl (C=O) groups excluding carboxylic acids is 1. The molecular formula is C22H30N4O2. The van der Waals surface area contributed by atoms with Crippen molar-refractivity contribution in [2.75, 3.05) is 27.7 Å². The van der Waals surface area contributed by atoms with Crippen LogP contribution < -0.4 is 10.6 Å². The predicted octanol–water partition coefficient (Wildman–Crippen LogP) is 2.79. The molecule has 0 bridgehead atoms. The van der Waals surface area contributed by atoms with Gasteiger partial charge in [-0.1, -0.05) is 36.4 Å². The molecule has 1 amide bonds. The number of nitrogens with one attached hydrogen (secondary N) is 2. The lowest BCUT2D eigenvalue weighted by molar-refractivity contribution is 0.0827. The van der Waals surface area contributed by atoms with Gasteiger partial charge >= 0.3 is 0 Å². The molecule has 0 atom stereocenters. The third kappa shape index (κ3) is 6.70. The van der Waals surface area contributed by atoms with Gasteiger partial charge in [-0.2, -0.15) is 0 Å². The van der Waals surface area contributed by atoms with Gasteiger partial charge in [0.1, 0.15) is 0 Å². The van der Waals surface area contributed by atoms with Crippen LogP contribution in [0.15, 0.2) is 53.5 Å². The number of benzene rings is 2. The molecule has 0 unspecified atom stereocenters. The molecule has 0 fully saturated rings. The number of hydrogen-bond acceptors (Lipinski definition) is 3. The average Bonchev–Trinajstić information content (AvgIpc) is 2.71. The first-order valence-corrected chi connectivity index (χ1v) is 9.43. The van der Waals surface area contributed by atoms with Crippen molar-refractivity contribution in [1.29, 1.82) is 0 Å². The third-order valence-electron chi connectivity index (χ3n) is 4.16. The van der Waals surface area contributed by atoms with Crippen LogP contribution in [0.1, 0.15) is 34.0 Å². The predicted molar refractivity (Wildman–Crippen MR) is 113 cm³/mol. The minimum absolute atomic E-state index is 0.00146. The number of hydrogen-bond donors (Lipinski definition) is 2. The number of amides is 1. The molecule has 2 aromatic carbocycles. The van der Waals surface area contributed by atoms with E-state index in [-0.39, 0.29) is 5.91 Å². The van der Waals surface area contributed by atoms with E-state index in [0.29, 0.717) is 25.3 Å². The molecule has 2 aromatic rings. The Hall–Kier alpha value is -2.86. The Balaban J connectivity index is 1.95. The van der Waals surface area contributed by atoms with E-state index in [9.17, 15) is 4.79 Å². The fraction of sp³-hybridized carbons (Fsp3) is 0.364. The van der Waals surface area contributed by atoms with Gasteiger partial charge in [0.2, 0.25) is 0 Å². The highest BCUT2D eigenvalue weighted by Crippen LogP contribution is 2.08. The van der Waals surface area contributed by atoms with E-state index in [0.717, 1.165) is 23.6 Å². The summed E-state index contributed by atoms with van der Waals surface area (Å²) >= 11 is 0. The molecule has 28 heavy (non-hydrogen) atoms. The molecule has 0 radical (unpaired) electrons. The molecule has 0 spiro atoms. The zero-order valence-electron chi connectivity index (χ0n) is 17.2. The van der Waals surface area contributed by atoms with Crippen molar-refractivity contribution in [3.63, 3.8) is 0 Å². The normalized spacial score (nSPS) is 11.2. The zero-order valence-corrected chi connectivity index (χ0v) is 17.2. The molecule has 0 aromatic heterocycles. The van der Waals surface area contributed by atoms with Crippen molar-refractivity contribution in [1.82, 2.24) is 15.5 Å². The van der Waals surface area contributed by atoms with Gasteiger partial charge in [-0.25, -0.2) is 4.99 Å². The minimum atomic E-state index is 0.00146. The Kier molecular flexibility index (Phi) is 8.49. The second kappa shape index (κ2) is 11.1. The Labute approximate surface area is 167 Å². The Morgan fingerprint density at radius 2 is 1.57 bits per heavy atom. The number of ether oxygens (including phenoxy) is 1. The molecule has 6 nitrogen and oxygen atoms in total. The monoisotopic (exact) mass is 382 g/mol. The van der Waals surface area contributed by atoms with Crippen molar-refractivity contribution >= 4 is 11.9 Å². The molecule has 0 saturated heterocycles. The maximum absolute atomic E-state index is 12.0. The fourth-order valence-corrected chi connectivity index (χ4v) is 2.63. The van der Waals surface area contributed by atoms with Crippen molar-refractivity contribution in [3.8, 4) is 0 Å². The van der Waals surface area contributed by atoms with Crippen LogP contribution in [0.25, 0.3) is 0 Å². The molecule has 0 heterocycles. The van der Waals surface area contributed by atoms with Crippen molar-refractivity contribution < 1.29 is 9.53 Å². The third-order valence-corrected chi connectivity index (χ3v) is 4.16. The number of aliphatic imine (C=N–C) groups is 1. The lowest BCUT2D eigenvalue weighted by Gasteiger charge is -2.12. The summed E-state index contributed by atoms with van der Waals surface area (Å²) in [5.41, 5.74) is 4.07. The first-order valence-electron chi connectivity index (χ1n) is 9.43. The summed E-state index contributed by atoms with van der Waals surface area (Å²) in [4.78, 5) is 18.2. The van der Waals surface area contributed by atoms with Crippen LogP contribution in [-0.2, 0) is 24.4 Å². The maximum Gasteiger partial charge on any atom is 0.253 e. The van der Waals surface area contributed by atoms with Gasteiger partial charge in [0.25, 0.3) is 5.91 Å². The number of nitrogens with zero attached hydrogens (tertiary/aromatic N) is 2. The maximum atomic E-state index is 12.0. The van der Waals surface area contributed by atoms with E-state index < -0.39 is 0 Å². The first kappa shape index (κ1) is 21.4. The van der Waals surface area contributed by atoms with Gasteiger partial charge in [0.05, 0.1) is 13.2 Å². The molecule has 0 aliphatic rings. The van der Waals surface area contributed by atoms with E-state index in [4.69, 9.17) is 4.74 Å². The van der Waals surface area contributed by atoms with Gasteiger partial charge in [-0.3, -0.25) is 4.79 Å². The van der Waals surface area contributed by atoms with E-state index in [1.165, 1.54) is 5.56 Å². The van der Waals surface area contributed by atoms with Gasteiger partial charge in [0, 0.05) is 39.9 Å². The van der Waals surface area contributed by atoms with E-state index in [1.807, 2.05) is 31.2 Å². The second-order valence-electron chi connectivity index (χ2n) is 6.69. The molecule has 0 aliphatic carbocycles. The Morgan fingerprint density at radius 3 is 2.14 bits per heavy atom. The summed E-state index contributed by atoms with van der Waals surface area (Å²) in [5.74, 6) is 0.762. The molecule has 6 heteroatoms. The molecule has 0 aliphatic heterocycles. The lowest BCUT2D eigenvalue weighted by atomic mass is 10.1. The Bertz CT molecular complexity index is 768. The molecule has 2 rings (SSSR count). The largest absolute Gasteiger partial charge is 0.380 e. The van der Waals surface area contributed by atoms with Crippen LogP contribution in [0.4, 0.5) is 0 Å². The van der Waals surface area contributed by atoms with E-state index in [1.54, 1.807) is 26.1 Å². The number of carbonyl (C=O) groups is 1. The lowest BCUT2D eigenvalue weighted by Crippen LogP contribution is -2.36. The quantitative estimate of drug-likeness (QED) is 0.544. The van der Waals surface area contributed by atoms with E-state index >= 15 is 0 Å². The second-order valence-corrected chi connectivity index (χ2v) is 6.69. The van der Waals surface area contributed by atoms with Gasteiger partial charge in [-0.15, -0.1) is 0 Å². The molecule has 0 saturated carbocycles. The van der Waals surface area contributed by atoms with Gasteiger partial charge in [0.15, 0.2) is 5.96 Å². The van der Waals surface area contributed by atoms with Crippen LogP contribution in [0.2, 0.25) is 0 Å². The topological polar surface area (TPSA) is 66.0 Å². The summed E-state index contributed by atoms with van der Waals surface area (Å²) in [6, 6.07) is 15.9. The summed E-state index contributed by atoms with van der Waals surface area (Å²) in [5, 5.41) is 6.61.